The highest BCUT2D eigenvalue weighted by atomic mass is 16.8. The van der Waals surface area contributed by atoms with Crippen molar-refractivity contribution in [3.05, 3.63) is 11.6 Å². The maximum absolute atomic E-state index is 13.5. The standard InChI is InChI=1S/C24H30O8/c1-22(2)31-18-16(25)13-5-6-14-12(15(13)17(19(18)32-22)29-11-28-3)7-10-23-8-4-9-24(14,23)21(27)30-20(23)26/h7,13-15,17-19H,4-6,8-11H2,1-3H3/t13-,14-,15+,17-,18-,19+,23-,24+/m0/s1. The molecule has 3 saturated carbocycles. The maximum atomic E-state index is 13.5. The van der Waals surface area contributed by atoms with Crippen molar-refractivity contribution in [1.82, 2.24) is 0 Å². The average molecular weight is 446 g/mol. The third-order valence-corrected chi connectivity index (χ3v) is 9.07. The molecule has 4 aliphatic carbocycles. The van der Waals surface area contributed by atoms with E-state index in [1.807, 2.05) is 13.8 Å². The largest absolute Gasteiger partial charge is 0.392 e. The van der Waals surface area contributed by atoms with Crippen molar-refractivity contribution < 1.29 is 38.1 Å². The van der Waals surface area contributed by atoms with Crippen LogP contribution >= 0.6 is 0 Å². The van der Waals surface area contributed by atoms with Crippen LogP contribution < -0.4 is 0 Å². The Labute approximate surface area is 186 Å². The molecule has 174 valence electrons. The highest BCUT2D eigenvalue weighted by Gasteiger charge is 2.75. The zero-order chi connectivity index (χ0) is 22.5. The van der Waals surface area contributed by atoms with E-state index >= 15 is 0 Å². The van der Waals surface area contributed by atoms with Crippen LogP contribution in [-0.2, 0) is 38.1 Å². The summed E-state index contributed by atoms with van der Waals surface area (Å²) in [6.07, 6.45) is 4.44. The predicted octanol–water partition coefficient (Wildman–Crippen LogP) is 2.29. The number of carbonyl (C=O) groups excluding carboxylic acids is 3. The van der Waals surface area contributed by atoms with Crippen LogP contribution in [0.1, 0.15) is 52.4 Å². The van der Waals surface area contributed by atoms with Crippen molar-refractivity contribution >= 4 is 17.7 Å². The first-order valence-corrected chi connectivity index (χ1v) is 11.7. The van der Waals surface area contributed by atoms with Crippen LogP contribution in [0.25, 0.3) is 0 Å². The van der Waals surface area contributed by atoms with E-state index in [-0.39, 0.29) is 42.3 Å². The smallest absolute Gasteiger partial charge is 0.321 e. The molecular formula is C24H30O8. The van der Waals surface area contributed by atoms with Gasteiger partial charge in [0.2, 0.25) is 0 Å². The molecule has 0 aromatic carbocycles. The second-order valence-electron chi connectivity index (χ2n) is 10.7. The first kappa shape index (κ1) is 21.0. The van der Waals surface area contributed by atoms with Crippen molar-refractivity contribution in [2.45, 2.75) is 76.5 Å². The van der Waals surface area contributed by atoms with Gasteiger partial charge in [0.1, 0.15) is 19.0 Å². The van der Waals surface area contributed by atoms with Gasteiger partial charge < -0.3 is 23.7 Å². The van der Waals surface area contributed by atoms with Gasteiger partial charge in [-0.05, 0) is 51.9 Å². The number of hydrogen-bond donors (Lipinski definition) is 0. The van der Waals surface area contributed by atoms with E-state index < -0.39 is 34.9 Å². The summed E-state index contributed by atoms with van der Waals surface area (Å²) < 4.78 is 28.8. The van der Waals surface area contributed by atoms with Gasteiger partial charge in [-0.25, -0.2) is 0 Å². The van der Waals surface area contributed by atoms with Crippen LogP contribution in [0.3, 0.4) is 0 Å². The molecule has 0 aromatic heterocycles. The zero-order valence-electron chi connectivity index (χ0n) is 18.8. The zero-order valence-corrected chi connectivity index (χ0v) is 18.8. The quantitative estimate of drug-likeness (QED) is 0.282. The summed E-state index contributed by atoms with van der Waals surface area (Å²) >= 11 is 0. The minimum Gasteiger partial charge on any atom is -0.392 e. The third kappa shape index (κ3) is 2.39. The Morgan fingerprint density at radius 2 is 1.91 bits per heavy atom. The van der Waals surface area contributed by atoms with Crippen molar-refractivity contribution in [3.8, 4) is 0 Å². The number of carbonyl (C=O) groups is 3. The monoisotopic (exact) mass is 446 g/mol. The fraction of sp³-hybridized carbons (Fsp3) is 0.792. The molecule has 8 atom stereocenters. The summed E-state index contributed by atoms with van der Waals surface area (Å²) in [5.41, 5.74) is -0.493. The topological polar surface area (TPSA) is 97.4 Å². The minimum atomic E-state index is -0.880. The molecule has 2 heterocycles. The highest BCUT2D eigenvalue weighted by Crippen LogP contribution is 2.70. The molecule has 32 heavy (non-hydrogen) atoms. The minimum absolute atomic E-state index is 0.0491. The van der Waals surface area contributed by atoms with Crippen LogP contribution in [-0.4, -0.2) is 55.7 Å². The average Bonchev–Trinajstić information content (AvgIpc) is 3.37. The van der Waals surface area contributed by atoms with E-state index in [1.54, 1.807) is 7.11 Å². The molecule has 0 N–H and O–H groups in total. The van der Waals surface area contributed by atoms with E-state index in [9.17, 15) is 14.4 Å². The number of ether oxygens (including phenoxy) is 5. The lowest BCUT2D eigenvalue weighted by Crippen LogP contribution is -2.61. The summed E-state index contributed by atoms with van der Waals surface area (Å²) in [5, 5.41) is 0. The molecule has 0 radical (unpaired) electrons. The van der Waals surface area contributed by atoms with Gasteiger partial charge in [0, 0.05) is 18.9 Å². The lowest BCUT2D eigenvalue weighted by atomic mass is 9.48. The van der Waals surface area contributed by atoms with Gasteiger partial charge in [0.05, 0.1) is 16.9 Å². The molecular weight excluding hydrogens is 416 g/mol. The summed E-state index contributed by atoms with van der Waals surface area (Å²) in [5.74, 6) is -2.18. The van der Waals surface area contributed by atoms with Crippen molar-refractivity contribution in [2.75, 3.05) is 13.9 Å². The van der Waals surface area contributed by atoms with Gasteiger partial charge >= 0.3 is 11.9 Å². The summed E-state index contributed by atoms with van der Waals surface area (Å²) in [6.45, 7) is 3.69. The molecule has 2 aliphatic heterocycles. The van der Waals surface area contributed by atoms with Crippen molar-refractivity contribution in [2.24, 2.45) is 28.6 Å². The summed E-state index contributed by atoms with van der Waals surface area (Å²) in [7, 11) is 1.56. The van der Waals surface area contributed by atoms with E-state index in [0.717, 1.165) is 12.0 Å². The number of rotatable bonds is 3. The second kappa shape index (κ2) is 6.72. The Bertz CT molecular complexity index is 923. The van der Waals surface area contributed by atoms with Crippen LogP contribution in [0.4, 0.5) is 0 Å². The lowest BCUT2D eigenvalue weighted by molar-refractivity contribution is -0.184. The van der Waals surface area contributed by atoms with Gasteiger partial charge in [0.15, 0.2) is 11.6 Å². The fourth-order valence-electron chi connectivity index (χ4n) is 8.01. The van der Waals surface area contributed by atoms with Gasteiger partial charge in [-0.2, -0.15) is 0 Å². The highest BCUT2D eigenvalue weighted by molar-refractivity contribution is 6.03. The molecule has 8 heteroatoms. The first-order valence-electron chi connectivity index (χ1n) is 11.7. The number of allylic oxidation sites excluding steroid dienone is 1. The molecule has 2 saturated heterocycles. The van der Waals surface area contributed by atoms with Gasteiger partial charge in [-0.15, -0.1) is 0 Å². The molecule has 6 aliphatic rings. The number of cyclic esters (lactones) is 2. The number of ketones is 1. The Morgan fingerprint density at radius 3 is 2.69 bits per heavy atom. The molecule has 6 rings (SSSR count). The Hall–Kier alpha value is -1.61. The van der Waals surface area contributed by atoms with Crippen molar-refractivity contribution in [1.29, 1.82) is 0 Å². The number of hydrogen-bond acceptors (Lipinski definition) is 8. The maximum Gasteiger partial charge on any atom is 0.321 e. The molecule has 0 bridgehead atoms. The van der Waals surface area contributed by atoms with Gasteiger partial charge in [-0.3, -0.25) is 14.4 Å². The summed E-state index contributed by atoms with van der Waals surface area (Å²) in [4.78, 5) is 39.6. The van der Waals surface area contributed by atoms with Gasteiger partial charge in [0.25, 0.3) is 0 Å². The Kier molecular flexibility index (Phi) is 4.40. The van der Waals surface area contributed by atoms with E-state index in [0.29, 0.717) is 32.1 Å². The molecule has 0 unspecified atom stereocenters. The summed E-state index contributed by atoms with van der Waals surface area (Å²) in [6, 6.07) is 0. The normalized spacial score (nSPS) is 48.3. The fourth-order valence-corrected chi connectivity index (χ4v) is 8.01. The number of methoxy groups -OCH3 is 1. The Balaban J connectivity index is 1.45. The lowest BCUT2D eigenvalue weighted by Gasteiger charge is -2.54. The van der Waals surface area contributed by atoms with Gasteiger partial charge in [-0.1, -0.05) is 18.1 Å². The molecule has 8 nitrogen and oxygen atoms in total. The molecule has 5 fully saturated rings. The van der Waals surface area contributed by atoms with Crippen LogP contribution in [0.5, 0.6) is 0 Å². The molecule has 0 amide bonds. The Morgan fingerprint density at radius 1 is 1.09 bits per heavy atom. The second-order valence-corrected chi connectivity index (χ2v) is 10.7. The van der Waals surface area contributed by atoms with Crippen LogP contribution in [0, 0.1) is 28.6 Å². The van der Waals surface area contributed by atoms with E-state index in [4.69, 9.17) is 23.7 Å². The first-order chi connectivity index (χ1) is 15.3. The predicted molar refractivity (Wildman–Crippen MR) is 108 cm³/mol. The number of Topliss-reactive ketones (excluding diaryl/α,β-unsaturated/α-hetero) is 1. The molecule has 0 spiro atoms. The molecule has 0 aromatic rings. The third-order valence-electron chi connectivity index (χ3n) is 9.07. The van der Waals surface area contributed by atoms with E-state index in [1.165, 1.54) is 0 Å². The van der Waals surface area contributed by atoms with Crippen molar-refractivity contribution in [3.63, 3.8) is 0 Å². The number of esters is 2. The van der Waals surface area contributed by atoms with Crippen LogP contribution in [0.2, 0.25) is 0 Å². The SMILES string of the molecule is COCO[C@@H]1[C@H]2OC(C)(C)O[C@H]2C(=O)[C@H]2CC[C@H]3C(=CC[C@]45CCC[C@]34C(=O)OC5=O)[C@@H]12. The van der Waals surface area contributed by atoms with Crippen LogP contribution in [0.15, 0.2) is 11.6 Å². The number of fused-ring (bicyclic) bond motifs is 4. The van der Waals surface area contributed by atoms with E-state index in [2.05, 4.69) is 6.08 Å².